The lowest BCUT2D eigenvalue weighted by Crippen LogP contribution is -1.97. The van der Waals surface area contributed by atoms with Crippen molar-refractivity contribution in [2.24, 2.45) is 0 Å². The number of aryl methyl sites for hydroxylation is 1. The number of aromatic nitrogens is 4. The van der Waals surface area contributed by atoms with Crippen molar-refractivity contribution in [1.29, 1.82) is 0 Å². The minimum absolute atomic E-state index is 0.364. The molecule has 1 aromatic carbocycles. The topological polar surface area (TPSA) is 64.3 Å². The SMILES string of the molecule is CCc1cc(Cl)n2nc(Nc3cc(Cl)ccc3OC)nc2n1. The Morgan fingerprint density at radius 2 is 2.05 bits per heavy atom. The summed E-state index contributed by atoms with van der Waals surface area (Å²) in [6.07, 6.45) is 0.772. The van der Waals surface area contributed by atoms with E-state index in [1.165, 1.54) is 4.52 Å². The highest BCUT2D eigenvalue weighted by molar-refractivity contribution is 6.31. The number of halogens is 2. The molecule has 0 bridgehead atoms. The highest BCUT2D eigenvalue weighted by Gasteiger charge is 2.11. The summed E-state index contributed by atoms with van der Waals surface area (Å²) in [4.78, 5) is 8.71. The third-order valence-electron chi connectivity index (χ3n) is 3.09. The normalized spacial score (nSPS) is 10.9. The van der Waals surface area contributed by atoms with E-state index < -0.39 is 0 Å². The Labute approximate surface area is 137 Å². The van der Waals surface area contributed by atoms with Gasteiger partial charge in [-0.1, -0.05) is 30.1 Å². The van der Waals surface area contributed by atoms with Gasteiger partial charge in [0.25, 0.3) is 5.78 Å². The predicted octanol–water partition coefficient (Wildman–Crippen LogP) is 3.75. The lowest BCUT2D eigenvalue weighted by Gasteiger charge is -2.08. The van der Waals surface area contributed by atoms with Crippen LogP contribution in [-0.4, -0.2) is 26.7 Å². The fourth-order valence-corrected chi connectivity index (χ4v) is 2.42. The van der Waals surface area contributed by atoms with Crippen molar-refractivity contribution >= 4 is 40.6 Å². The first-order valence-corrected chi connectivity index (χ1v) is 7.39. The second kappa shape index (κ2) is 5.98. The van der Waals surface area contributed by atoms with Crippen molar-refractivity contribution in [2.75, 3.05) is 12.4 Å². The van der Waals surface area contributed by atoms with Crippen LogP contribution in [0.2, 0.25) is 10.2 Å². The van der Waals surface area contributed by atoms with Crippen LogP contribution in [0.25, 0.3) is 5.78 Å². The third-order valence-corrected chi connectivity index (χ3v) is 3.60. The number of anilines is 2. The molecule has 2 aromatic heterocycles. The largest absolute Gasteiger partial charge is 0.495 e. The van der Waals surface area contributed by atoms with Crippen molar-refractivity contribution in [3.63, 3.8) is 0 Å². The summed E-state index contributed by atoms with van der Waals surface area (Å²) < 4.78 is 6.75. The van der Waals surface area contributed by atoms with Crippen LogP contribution in [0.1, 0.15) is 12.6 Å². The van der Waals surface area contributed by atoms with E-state index in [2.05, 4.69) is 20.4 Å². The van der Waals surface area contributed by atoms with Crippen LogP contribution in [0.5, 0.6) is 5.75 Å². The third kappa shape index (κ3) is 2.80. The molecule has 0 radical (unpaired) electrons. The van der Waals surface area contributed by atoms with E-state index in [1.807, 2.05) is 6.92 Å². The van der Waals surface area contributed by atoms with Crippen LogP contribution < -0.4 is 10.1 Å². The number of benzene rings is 1. The van der Waals surface area contributed by atoms with Crippen LogP contribution in [0.4, 0.5) is 11.6 Å². The molecule has 6 nitrogen and oxygen atoms in total. The number of nitrogens with one attached hydrogen (secondary N) is 1. The highest BCUT2D eigenvalue weighted by atomic mass is 35.5. The van der Waals surface area contributed by atoms with Gasteiger partial charge in [-0.15, -0.1) is 5.10 Å². The van der Waals surface area contributed by atoms with Gasteiger partial charge in [0.15, 0.2) is 0 Å². The van der Waals surface area contributed by atoms with E-state index in [1.54, 1.807) is 31.4 Å². The van der Waals surface area contributed by atoms with E-state index in [0.717, 1.165) is 12.1 Å². The smallest absolute Gasteiger partial charge is 0.255 e. The molecule has 0 saturated heterocycles. The Kier molecular flexibility index (Phi) is 4.04. The minimum atomic E-state index is 0.364. The second-order valence-electron chi connectivity index (χ2n) is 4.54. The first-order chi connectivity index (χ1) is 10.6. The molecule has 0 aliphatic heterocycles. The molecule has 22 heavy (non-hydrogen) atoms. The van der Waals surface area contributed by atoms with Crippen molar-refractivity contribution in [3.8, 4) is 5.75 Å². The maximum atomic E-state index is 6.19. The average Bonchev–Trinajstić information content (AvgIpc) is 2.90. The van der Waals surface area contributed by atoms with Crippen LogP contribution >= 0.6 is 23.2 Å². The van der Waals surface area contributed by atoms with Gasteiger partial charge in [-0.05, 0) is 30.7 Å². The van der Waals surface area contributed by atoms with E-state index in [0.29, 0.717) is 33.3 Å². The summed E-state index contributed by atoms with van der Waals surface area (Å²) in [5, 5.41) is 8.40. The summed E-state index contributed by atoms with van der Waals surface area (Å²) in [5.41, 5.74) is 1.52. The summed E-state index contributed by atoms with van der Waals surface area (Å²) >= 11 is 12.2. The molecule has 1 N–H and O–H groups in total. The molecule has 3 rings (SSSR count). The van der Waals surface area contributed by atoms with Crippen LogP contribution in [-0.2, 0) is 6.42 Å². The molecule has 0 spiro atoms. The van der Waals surface area contributed by atoms with Crippen LogP contribution in [0.15, 0.2) is 24.3 Å². The number of methoxy groups -OCH3 is 1. The Morgan fingerprint density at radius 1 is 1.23 bits per heavy atom. The average molecular weight is 338 g/mol. The second-order valence-corrected chi connectivity index (χ2v) is 5.36. The lowest BCUT2D eigenvalue weighted by atomic mass is 10.3. The zero-order valence-electron chi connectivity index (χ0n) is 12.0. The van der Waals surface area contributed by atoms with Crippen molar-refractivity contribution in [2.45, 2.75) is 13.3 Å². The van der Waals surface area contributed by atoms with Gasteiger partial charge in [0.05, 0.1) is 12.8 Å². The van der Waals surface area contributed by atoms with E-state index in [-0.39, 0.29) is 0 Å². The summed E-state index contributed by atoms with van der Waals surface area (Å²) in [6.45, 7) is 2.00. The van der Waals surface area contributed by atoms with Gasteiger partial charge in [-0.2, -0.15) is 9.50 Å². The summed E-state index contributed by atoms with van der Waals surface area (Å²) in [6, 6.07) is 7.01. The van der Waals surface area contributed by atoms with Crippen LogP contribution in [0.3, 0.4) is 0 Å². The van der Waals surface area contributed by atoms with Gasteiger partial charge in [0, 0.05) is 10.7 Å². The Bertz CT molecular complexity index is 833. The van der Waals surface area contributed by atoms with E-state index in [9.17, 15) is 0 Å². The highest BCUT2D eigenvalue weighted by Crippen LogP contribution is 2.29. The minimum Gasteiger partial charge on any atom is -0.495 e. The number of nitrogens with zero attached hydrogens (tertiary/aromatic N) is 4. The van der Waals surface area contributed by atoms with Gasteiger partial charge < -0.3 is 10.1 Å². The number of hydrogen-bond acceptors (Lipinski definition) is 5. The first-order valence-electron chi connectivity index (χ1n) is 6.63. The standard InChI is InChI=1S/C14H13Cl2N5O/c1-3-9-7-12(16)21-14(17-9)19-13(20-21)18-10-6-8(15)4-5-11(10)22-2/h4-7H,3H2,1-2H3,(H,18,20). The molecule has 3 aromatic rings. The quantitative estimate of drug-likeness (QED) is 0.734. The zero-order chi connectivity index (χ0) is 15.7. The van der Waals surface area contributed by atoms with Gasteiger partial charge in [0.1, 0.15) is 10.9 Å². The van der Waals surface area contributed by atoms with Gasteiger partial charge >= 0.3 is 0 Å². The Morgan fingerprint density at radius 3 is 2.77 bits per heavy atom. The van der Waals surface area contributed by atoms with Gasteiger partial charge in [0.2, 0.25) is 5.95 Å². The fraction of sp³-hybridized carbons (Fsp3) is 0.214. The first kappa shape index (κ1) is 14.9. The summed E-state index contributed by atoms with van der Waals surface area (Å²) in [7, 11) is 1.58. The van der Waals surface area contributed by atoms with Crippen LogP contribution in [0, 0.1) is 0 Å². The zero-order valence-corrected chi connectivity index (χ0v) is 13.5. The molecule has 2 heterocycles. The van der Waals surface area contributed by atoms with E-state index in [4.69, 9.17) is 27.9 Å². The molecule has 0 aliphatic rings. The summed E-state index contributed by atoms with van der Waals surface area (Å²) in [5.74, 6) is 1.44. The van der Waals surface area contributed by atoms with Crippen molar-refractivity contribution < 1.29 is 4.74 Å². The Balaban J connectivity index is 2.01. The molecular weight excluding hydrogens is 325 g/mol. The van der Waals surface area contributed by atoms with Gasteiger partial charge in [-0.25, -0.2) is 4.98 Å². The number of rotatable bonds is 4. The monoisotopic (exact) mass is 337 g/mol. The Hall–Kier alpha value is -2.05. The number of hydrogen-bond donors (Lipinski definition) is 1. The molecule has 0 saturated carbocycles. The van der Waals surface area contributed by atoms with Crippen molar-refractivity contribution in [1.82, 2.24) is 19.6 Å². The maximum Gasteiger partial charge on any atom is 0.255 e. The lowest BCUT2D eigenvalue weighted by molar-refractivity contribution is 0.417. The van der Waals surface area contributed by atoms with Gasteiger partial charge in [-0.3, -0.25) is 0 Å². The number of ether oxygens (including phenoxy) is 1. The molecule has 0 unspecified atom stereocenters. The maximum absolute atomic E-state index is 6.19. The molecule has 8 heteroatoms. The van der Waals surface area contributed by atoms with Crippen molar-refractivity contribution in [3.05, 3.63) is 40.1 Å². The molecule has 114 valence electrons. The number of fused-ring (bicyclic) bond motifs is 1. The predicted molar refractivity (Wildman–Crippen MR) is 86.5 cm³/mol. The molecule has 0 amide bonds. The fourth-order valence-electron chi connectivity index (χ4n) is 2.01. The van der Waals surface area contributed by atoms with E-state index >= 15 is 0 Å². The molecule has 0 atom stereocenters. The molecule has 0 fully saturated rings. The molecular formula is C14H13Cl2N5O. The molecule has 0 aliphatic carbocycles.